The number of hydrogen-bond donors (Lipinski definition) is 0. The van der Waals surface area contributed by atoms with Gasteiger partial charge in [0.25, 0.3) is 11.6 Å². The van der Waals surface area contributed by atoms with Crippen LogP contribution in [0.5, 0.6) is 0 Å². The molecule has 2 aromatic carbocycles. The number of non-ortho nitro benzene ring substituents is 1. The lowest BCUT2D eigenvalue weighted by Gasteiger charge is -2.27. The molecule has 1 aliphatic rings. The molecule has 1 fully saturated rings. The molecular formula is C23H26N4O4S. The Morgan fingerprint density at radius 2 is 2.03 bits per heavy atom. The molecule has 1 amide bonds. The number of nitro groups is 1. The number of aryl methyl sites for hydroxylation is 2. The second-order valence-corrected chi connectivity index (χ2v) is 9.01. The minimum atomic E-state index is -0.483. The molecule has 32 heavy (non-hydrogen) atoms. The number of benzene rings is 2. The minimum Gasteiger partial charge on any atom is -0.379 e. The quantitative estimate of drug-likeness (QED) is 0.393. The van der Waals surface area contributed by atoms with Crippen LogP contribution in [-0.4, -0.2) is 60.1 Å². The predicted octanol–water partition coefficient (Wildman–Crippen LogP) is 4.19. The highest BCUT2D eigenvalue weighted by atomic mass is 32.1. The molecule has 3 aromatic rings. The van der Waals surface area contributed by atoms with E-state index in [4.69, 9.17) is 9.72 Å². The van der Waals surface area contributed by atoms with Gasteiger partial charge in [-0.05, 0) is 43.5 Å². The molecule has 4 rings (SSSR count). The van der Waals surface area contributed by atoms with Crippen LogP contribution in [0.1, 0.15) is 27.9 Å². The third-order valence-corrected chi connectivity index (χ3v) is 6.58. The summed E-state index contributed by atoms with van der Waals surface area (Å²) in [4.78, 5) is 33.0. The number of carbonyl (C=O) groups is 1. The van der Waals surface area contributed by atoms with Crippen molar-refractivity contribution in [2.24, 2.45) is 0 Å². The molecule has 0 atom stereocenters. The van der Waals surface area contributed by atoms with Gasteiger partial charge in [0.05, 0.1) is 28.4 Å². The number of hydrogen-bond acceptors (Lipinski definition) is 7. The van der Waals surface area contributed by atoms with E-state index in [1.807, 2.05) is 13.8 Å². The molecule has 2 heterocycles. The number of thiazole rings is 1. The van der Waals surface area contributed by atoms with Gasteiger partial charge in [-0.1, -0.05) is 23.5 Å². The molecule has 0 aliphatic carbocycles. The maximum Gasteiger partial charge on any atom is 0.270 e. The number of rotatable bonds is 7. The normalized spacial score (nSPS) is 14.6. The Bertz CT molecular complexity index is 1140. The highest BCUT2D eigenvalue weighted by molar-refractivity contribution is 7.22. The van der Waals surface area contributed by atoms with Gasteiger partial charge in [-0.3, -0.25) is 24.7 Å². The zero-order valence-electron chi connectivity index (χ0n) is 18.2. The average Bonchev–Trinajstić information content (AvgIpc) is 3.21. The van der Waals surface area contributed by atoms with E-state index >= 15 is 0 Å². The van der Waals surface area contributed by atoms with Gasteiger partial charge in [-0.25, -0.2) is 4.98 Å². The largest absolute Gasteiger partial charge is 0.379 e. The van der Waals surface area contributed by atoms with Crippen LogP contribution in [0.4, 0.5) is 10.8 Å². The van der Waals surface area contributed by atoms with Gasteiger partial charge in [-0.15, -0.1) is 0 Å². The molecule has 0 unspecified atom stereocenters. The Balaban J connectivity index is 1.63. The van der Waals surface area contributed by atoms with E-state index in [1.165, 1.54) is 23.5 Å². The number of fused-ring (bicyclic) bond motifs is 1. The zero-order chi connectivity index (χ0) is 22.7. The minimum absolute atomic E-state index is 0.0973. The predicted molar refractivity (Wildman–Crippen MR) is 126 cm³/mol. The first-order valence-electron chi connectivity index (χ1n) is 10.7. The number of amides is 1. The van der Waals surface area contributed by atoms with Crippen molar-refractivity contribution in [3.63, 3.8) is 0 Å². The second kappa shape index (κ2) is 9.72. The molecule has 0 bridgehead atoms. The molecule has 1 saturated heterocycles. The van der Waals surface area contributed by atoms with Gasteiger partial charge in [0.15, 0.2) is 5.13 Å². The number of morpholine rings is 1. The summed E-state index contributed by atoms with van der Waals surface area (Å²) in [5.41, 5.74) is 3.30. The summed E-state index contributed by atoms with van der Waals surface area (Å²) in [5, 5.41) is 11.8. The zero-order valence-corrected chi connectivity index (χ0v) is 19.1. The van der Waals surface area contributed by atoms with Crippen LogP contribution >= 0.6 is 11.3 Å². The van der Waals surface area contributed by atoms with Crippen LogP contribution < -0.4 is 4.90 Å². The molecule has 9 heteroatoms. The Hall–Kier alpha value is -2.88. The van der Waals surface area contributed by atoms with Crippen LogP contribution in [-0.2, 0) is 4.74 Å². The van der Waals surface area contributed by atoms with E-state index in [2.05, 4.69) is 17.0 Å². The van der Waals surface area contributed by atoms with E-state index in [-0.39, 0.29) is 17.2 Å². The molecule has 0 spiro atoms. The van der Waals surface area contributed by atoms with Gasteiger partial charge in [-0.2, -0.15) is 0 Å². The fourth-order valence-electron chi connectivity index (χ4n) is 3.94. The average molecular weight is 455 g/mol. The van der Waals surface area contributed by atoms with Crippen LogP contribution in [0.3, 0.4) is 0 Å². The first-order valence-corrected chi connectivity index (χ1v) is 11.5. The Kier molecular flexibility index (Phi) is 6.78. The van der Waals surface area contributed by atoms with Gasteiger partial charge < -0.3 is 4.74 Å². The van der Waals surface area contributed by atoms with Gasteiger partial charge >= 0.3 is 0 Å². The summed E-state index contributed by atoms with van der Waals surface area (Å²) in [5.74, 6) is -0.274. The highest BCUT2D eigenvalue weighted by Gasteiger charge is 2.23. The lowest BCUT2D eigenvalue weighted by atomic mass is 10.1. The Morgan fingerprint density at radius 3 is 2.78 bits per heavy atom. The molecule has 1 aliphatic heterocycles. The van der Waals surface area contributed by atoms with Crippen molar-refractivity contribution in [2.45, 2.75) is 20.3 Å². The van der Waals surface area contributed by atoms with E-state index in [0.717, 1.165) is 60.6 Å². The maximum absolute atomic E-state index is 13.5. The molecule has 0 N–H and O–H groups in total. The highest BCUT2D eigenvalue weighted by Crippen LogP contribution is 2.32. The van der Waals surface area contributed by atoms with Crippen LogP contribution in [0.2, 0.25) is 0 Å². The molecule has 168 valence electrons. The van der Waals surface area contributed by atoms with E-state index in [1.54, 1.807) is 17.0 Å². The summed E-state index contributed by atoms with van der Waals surface area (Å²) in [7, 11) is 0. The molecular weight excluding hydrogens is 428 g/mol. The van der Waals surface area contributed by atoms with Crippen LogP contribution in [0.25, 0.3) is 10.2 Å². The van der Waals surface area contributed by atoms with E-state index < -0.39 is 4.92 Å². The Labute approximate surface area is 190 Å². The van der Waals surface area contributed by atoms with Crippen LogP contribution in [0.15, 0.2) is 36.4 Å². The van der Waals surface area contributed by atoms with Gasteiger partial charge in [0.2, 0.25) is 0 Å². The summed E-state index contributed by atoms with van der Waals surface area (Å²) >= 11 is 1.48. The number of anilines is 1. The third-order valence-electron chi connectivity index (χ3n) is 5.56. The summed E-state index contributed by atoms with van der Waals surface area (Å²) in [6, 6.07) is 10.0. The van der Waals surface area contributed by atoms with E-state index in [0.29, 0.717) is 11.7 Å². The first-order chi connectivity index (χ1) is 15.4. The SMILES string of the molecule is Cc1cc(C)c2nc(N(CCCN3CCOCC3)C(=O)c3cccc([N+](=O)[O-])c3)sc2c1. The first kappa shape index (κ1) is 22.3. The molecule has 8 nitrogen and oxygen atoms in total. The number of nitro benzene ring substituents is 1. The van der Waals surface area contributed by atoms with Crippen LogP contribution in [0, 0.1) is 24.0 Å². The summed E-state index contributed by atoms with van der Waals surface area (Å²) in [6.45, 7) is 8.63. The van der Waals surface area contributed by atoms with Gasteiger partial charge in [0.1, 0.15) is 0 Å². The van der Waals surface area contributed by atoms with Gasteiger partial charge in [0, 0.05) is 43.9 Å². The third kappa shape index (κ3) is 4.95. The summed E-state index contributed by atoms with van der Waals surface area (Å²) in [6.07, 6.45) is 0.772. The van der Waals surface area contributed by atoms with Crippen molar-refractivity contribution in [2.75, 3.05) is 44.3 Å². The van der Waals surface area contributed by atoms with Crippen molar-refractivity contribution >= 4 is 38.3 Å². The molecule has 0 radical (unpaired) electrons. The molecule has 1 aromatic heterocycles. The number of nitrogens with zero attached hydrogens (tertiary/aromatic N) is 4. The monoisotopic (exact) mass is 454 g/mol. The van der Waals surface area contributed by atoms with Crippen molar-refractivity contribution in [3.8, 4) is 0 Å². The number of carbonyl (C=O) groups excluding carboxylic acids is 1. The lowest BCUT2D eigenvalue weighted by molar-refractivity contribution is -0.384. The fourth-order valence-corrected chi connectivity index (χ4v) is 5.11. The lowest BCUT2D eigenvalue weighted by Crippen LogP contribution is -2.39. The van der Waals surface area contributed by atoms with Crippen molar-refractivity contribution in [1.29, 1.82) is 0 Å². The standard InChI is InChI=1S/C23H26N4O4S/c1-16-13-17(2)21-20(14-16)32-23(24-21)26(8-4-7-25-9-11-31-12-10-25)22(28)18-5-3-6-19(15-18)27(29)30/h3,5-6,13-15H,4,7-12H2,1-2H3. The number of ether oxygens (including phenoxy) is 1. The number of aromatic nitrogens is 1. The van der Waals surface area contributed by atoms with E-state index in [9.17, 15) is 14.9 Å². The van der Waals surface area contributed by atoms with Crippen molar-refractivity contribution in [1.82, 2.24) is 9.88 Å². The second-order valence-electron chi connectivity index (χ2n) is 8.00. The smallest absolute Gasteiger partial charge is 0.270 e. The summed E-state index contributed by atoms with van der Waals surface area (Å²) < 4.78 is 6.44. The topological polar surface area (TPSA) is 88.8 Å². The maximum atomic E-state index is 13.5. The van der Waals surface area contributed by atoms with Crippen molar-refractivity contribution in [3.05, 3.63) is 63.2 Å². The fraction of sp³-hybridized carbons (Fsp3) is 0.391. The Morgan fingerprint density at radius 1 is 1.25 bits per heavy atom. The van der Waals surface area contributed by atoms with Crippen molar-refractivity contribution < 1.29 is 14.5 Å². The molecule has 0 saturated carbocycles.